The van der Waals surface area contributed by atoms with Gasteiger partial charge in [-0.1, -0.05) is 0 Å². The average molecular weight is 486 g/mol. The molecule has 0 fully saturated rings. The van der Waals surface area contributed by atoms with Crippen molar-refractivity contribution in [3.63, 3.8) is 0 Å². The maximum atomic E-state index is 13.5. The van der Waals surface area contributed by atoms with Crippen LogP contribution in [0.1, 0.15) is 20.8 Å². The van der Waals surface area contributed by atoms with E-state index in [1.54, 1.807) is 0 Å². The zero-order valence-corrected chi connectivity index (χ0v) is 19.8. The number of benzene rings is 2. The van der Waals surface area contributed by atoms with Gasteiger partial charge in [-0.15, -0.1) is 0 Å². The highest BCUT2D eigenvalue weighted by atomic mass is 16.6. The maximum absolute atomic E-state index is 13.5. The normalized spacial score (nSPS) is 10.5. The van der Waals surface area contributed by atoms with Crippen molar-refractivity contribution in [2.45, 2.75) is 20.8 Å². The number of hydrogen-bond acceptors (Lipinski definition) is 11. The number of fused-ring (bicyclic) bond motifs is 1. The fourth-order valence-corrected chi connectivity index (χ4v) is 3.32. The van der Waals surface area contributed by atoms with E-state index in [1.165, 1.54) is 52.5 Å². The second kappa shape index (κ2) is 10.2. The topological polar surface area (TPSA) is 137 Å². The summed E-state index contributed by atoms with van der Waals surface area (Å²) in [5.74, 6) is -2.56. The summed E-state index contributed by atoms with van der Waals surface area (Å²) in [5, 5.41) is -0.207. The molecule has 0 atom stereocenters. The Kier molecular flexibility index (Phi) is 7.28. The summed E-state index contributed by atoms with van der Waals surface area (Å²) < 4.78 is 37.4. The van der Waals surface area contributed by atoms with Crippen molar-refractivity contribution < 1.29 is 47.2 Å². The van der Waals surface area contributed by atoms with Crippen molar-refractivity contribution in [2.75, 3.05) is 21.3 Å². The van der Waals surface area contributed by atoms with E-state index in [-0.39, 0.29) is 51.2 Å². The molecule has 35 heavy (non-hydrogen) atoms. The van der Waals surface area contributed by atoms with E-state index in [1.807, 2.05) is 0 Å². The molecule has 11 heteroatoms. The van der Waals surface area contributed by atoms with Crippen molar-refractivity contribution >= 4 is 28.9 Å². The fraction of sp³-hybridized carbons (Fsp3) is 0.250. The van der Waals surface area contributed by atoms with Crippen LogP contribution in [0.4, 0.5) is 0 Å². The molecule has 1 heterocycles. The van der Waals surface area contributed by atoms with E-state index < -0.39 is 23.3 Å². The molecule has 1 aromatic heterocycles. The minimum atomic E-state index is -0.777. The minimum absolute atomic E-state index is 0.00809. The van der Waals surface area contributed by atoms with Crippen LogP contribution in [0.25, 0.3) is 22.3 Å². The number of ether oxygens (including phenoxy) is 6. The molecule has 0 amide bonds. The molecule has 0 unspecified atom stereocenters. The van der Waals surface area contributed by atoms with Crippen LogP contribution in [-0.4, -0.2) is 39.2 Å². The highest BCUT2D eigenvalue weighted by Gasteiger charge is 2.28. The zero-order valence-electron chi connectivity index (χ0n) is 19.8. The Bertz CT molecular complexity index is 1380. The zero-order chi connectivity index (χ0) is 25.9. The van der Waals surface area contributed by atoms with Gasteiger partial charge < -0.3 is 32.8 Å². The van der Waals surface area contributed by atoms with Gasteiger partial charge in [0.2, 0.25) is 16.9 Å². The number of rotatable bonds is 7. The molecule has 0 spiro atoms. The standard InChI is InChI=1S/C24H22O11/c1-11(25)32-15-8-7-14(9-16(15)29-4)21-24(31-6)20(28)19-17(35-21)10-18(30-5)22(33-12(2)26)23(19)34-13(3)27/h7-10H,1-6H3. The Hall–Kier alpha value is -4.54. The molecule has 2 aromatic carbocycles. The first-order valence-corrected chi connectivity index (χ1v) is 10.1. The van der Waals surface area contributed by atoms with Crippen LogP contribution < -0.4 is 33.8 Å². The molecule has 3 rings (SSSR count). The first-order valence-electron chi connectivity index (χ1n) is 10.1. The molecule has 0 saturated carbocycles. The lowest BCUT2D eigenvalue weighted by molar-refractivity contribution is -0.134. The van der Waals surface area contributed by atoms with E-state index >= 15 is 0 Å². The molecule has 0 aliphatic heterocycles. The summed E-state index contributed by atoms with van der Waals surface area (Å²) in [4.78, 5) is 48.3. The van der Waals surface area contributed by atoms with Crippen LogP contribution in [0.2, 0.25) is 0 Å². The van der Waals surface area contributed by atoms with Gasteiger partial charge in [-0.05, 0) is 18.2 Å². The van der Waals surface area contributed by atoms with Crippen LogP contribution in [0.15, 0.2) is 33.5 Å². The predicted molar refractivity (Wildman–Crippen MR) is 122 cm³/mol. The smallest absolute Gasteiger partial charge is 0.308 e. The van der Waals surface area contributed by atoms with E-state index in [9.17, 15) is 19.2 Å². The van der Waals surface area contributed by atoms with Gasteiger partial charge in [0.05, 0.1) is 21.3 Å². The summed E-state index contributed by atoms with van der Waals surface area (Å²) in [6.07, 6.45) is 0. The van der Waals surface area contributed by atoms with Gasteiger partial charge >= 0.3 is 17.9 Å². The molecular weight excluding hydrogens is 464 g/mol. The largest absolute Gasteiger partial charge is 0.493 e. The Morgan fingerprint density at radius 2 is 1.29 bits per heavy atom. The highest BCUT2D eigenvalue weighted by Crippen LogP contribution is 2.45. The quantitative estimate of drug-likeness (QED) is 0.359. The lowest BCUT2D eigenvalue weighted by atomic mass is 10.1. The van der Waals surface area contributed by atoms with Crippen LogP contribution >= 0.6 is 0 Å². The first-order chi connectivity index (χ1) is 16.6. The lowest BCUT2D eigenvalue weighted by Gasteiger charge is -2.16. The Balaban J connectivity index is 2.38. The van der Waals surface area contributed by atoms with Gasteiger partial charge in [-0.2, -0.15) is 0 Å². The Morgan fingerprint density at radius 1 is 0.686 bits per heavy atom. The highest BCUT2D eigenvalue weighted by molar-refractivity contribution is 5.94. The second-order valence-electron chi connectivity index (χ2n) is 7.05. The van der Waals surface area contributed by atoms with Crippen LogP contribution in [-0.2, 0) is 14.4 Å². The van der Waals surface area contributed by atoms with Gasteiger partial charge in [0.15, 0.2) is 28.8 Å². The third kappa shape index (κ3) is 5.03. The number of hydrogen-bond donors (Lipinski definition) is 0. The number of esters is 3. The van der Waals surface area contributed by atoms with E-state index in [0.717, 1.165) is 13.8 Å². The lowest BCUT2D eigenvalue weighted by Crippen LogP contribution is -2.14. The third-order valence-corrected chi connectivity index (χ3v) is 4.61. The summed E-state index contributed by atoms with van der Waals surface area (Å²) in [5.41, 5.74) is -0.400. The number of carbonyl (C=O) groups excluding carboxylic acids is 3. The van der Waals surface area contributed by atoms with Gasteiger partial charge in [0.25, 0.3) is 0 Å². The SMILES string of the molecule is COc1cc(-c2oc3cc(OC)c(OC(C)=O)c(OC(C)=O)c3c(=O)c2OC)ccc1OC(C)=O. The maximum Gasteiger partial charge on any atom is 0.308 e. The van der Waals surface area contributed by atoms with E-state index in [2.05, 4.69) is 0 Å². The molecule has 3 aromatic rings. The number of carbonyl (C=O) groups is 3. The third-order valence-electron chi connectivity index (χ3n) is 4.61. The summed E-state index contributed by atoms with van der Waals surface area (Å²) in [6.45, 7) is 3.50. The van der Waals surface area contributed by atoms with Crippen LogP contribution in [0.5, 0.6) is 34.5 Å². The Labute approximate surface area is 199 Å². The minimum Gasteiger partial charge on any atom is -0.493 e. The average Bonchev–Trinajstić information content (AvgIpc) is 2.79. The molecule has 0 aliphatic rings. The van der Waals surface area contributed by atoms with Crippen LogP contribution in [0, 0.1) is 0 Å². The molecule has 184 valence electrons. The van der Waals surface area contributed by atoms with Crippen molar-refractivity contribution in [3.8, 4) is 45.8 Å². The Morgan fingerprint density at radius 3 is 1.83 bits per heavy atom. The summed E-state index contributed by atoms with van der Waals surface area (Å²) in [7, 11) is 3.94. The van der Waals surface area contributed by atoms with E-state index in [0.29, 0.717) is 5.56 Å². The molecule has 0 saturated heterocycles. The second-order valence-corrected chi connectivity index (χ2v) is 7.05. The van der Waals surface area contributed by atoms with Gasteiger partial charge in [-0.3, -0.25) is 19.2 Å². The first kappa shape index (κ1) is 25.1. The van der Waals surface area contributed by atoms with E-state index in [4.69, 9.17) is 32.8 Å². The van der Waals surface area contributed by atoms with Crippen molar-refractivity contribution in [1.29, 1.82) is 0 Å². The van der Waals surface area contributed by atoms with Gasteiger partial charge in [-0.25, -0.2) is 0 Å². The van der Waals surface area contributed by atoms with Gasteiger partial charge in [0.1, 0.15) is 11.0 Å². The predicted octanol–water partition coefficient (Wildman–Crippen LogP) is 3.26. The van der Waals surface area contributed by atoms with Crippen molar-refractivity contribution in [1.82, 2.24) is 0 Å². The monoisotopic (exact) mass is 486 g/mol. The summed E-state index contributed by atoms with van der Waals surface area (Å²) in [6, 6.07) is 5.80. The fourth-order valence-electron chi connectivity index (χ4n) is 3.32. The van der Waals surface area contributed by atoms with Crippen LogP contribution in [0.3, 0.4) is 0 Å². The summed E-state index contributed by atoms with van der Waals surface area (Å²) >= 11 is 0. The van der Waals surface area contributed by atoms with Gasteiger partial charge in [0, 0.05) is 32.4 Å². The number of methoxy groups -OCH3 is 3. The molecule has 0 radical (unpaired) electrons. The molecule has 0 bridgehead atoms. The molecule has 0 N–H and O–H groups in total. The molecular formula is C24H22O11. The molecule has 11 nitrogen and oxygen atoms in total. The molecule has 0 aliphatic carbocycles. The van der Waals surface area contributed by atoms with Crippen molar-refractivity contribution in [2.24, 2.45) is 0 Å². The van der Waals surface area contributed by atoms with Crippen molar-refractivity contribution in [3.05, 3.63) is 34.5 Å².